The van der Waals surface area contributed by atoms with Gasteiger partial charge in [-0.3, -0.25) is 14.9 Å². The number of aromatic nitrogens is 1. The van der Waals surface area contributed by atoms with Gasteiger partial charge in [-0.05, 0) is 18.2 Å². The lowest BCUT2D eigenvalue weighted by atomic mass is 10.1. The van der Waals surface area contributed by atoms with Gasteiger partial charge in [-0.1, -0.05) is 23.4 Å². The average Bonchev–Trinajstić information content (AvgIpc) is 3.09. The van der Waals surface area contributed by atoms with Crippen LogP contribution >= 0.6 is 0 Å². The molecule has 1 N–H and O–H groups in total. The molecule has 0 unspecified atom stereocenters. The first-order valence-corrected chi connectivity index (χ1v) is 7.28. The summed E-state index contributed by atoms with van der Waals surface area (Å²) in [5.41, 5.74) is 0.659. The summed E-state index contributed by atoms with van der Waals surface area (Å²) < 4.78 is 18.8. The van der Waals surface area contributed by atoms with E-state index in [0.29, 0.717) is 5.69 Å². The Morgan fingerprint density at radius 1 is 1.20 bits per heavy atom. The molecule has 0 aliphatic heterocycles. The van der Waals surface area contributed by atoms with Crippen molar-refractivity contribution in [2.45, 2.75) is 6.54 Å². The Kier molecular flexibility index (Phi) is 4.51. The molecule has 0 bridgehead atoms. The number of nitro groups is 1. The van der Waals surface area contributed by atoms with Crippen LogP contribution in [-0.4, -0.2) is 16.0 Å². The third-order valence-electron chi connectivity index (χ3n) is 3.45. The zero-order valence-corrected chi connectivity index (χ0v) is 12.8. The second-order valence-corrected chi connectivity index (χ2v) is 5.15. The van der Waals surface area contributed by atoms with E-state index in [0.717, 1.165) is 0 Å². The summed E-state index contributed by atoms with van der Waals surface area (Å²) in [6.07, 6.45) is 0. The van der Waals surface area contributed by atoms with Crippen molar-refractivity contribution in [3.63, 3.8) is 0 Å². The Hall–Kier alpha value is -3.55. The normalized spacial score (nSPS) is 10.4. The Bertz CT molecular complexity index is 939. The molecule has 3 rings (SSSR count). The Morgan fingerprint density at radius 2 is 2.00 bits per heavy atom. The van der Waals surface area contributed by atoms with Crippen molar-refractivity contribution in [1.82, 2.24) is 10.5 Å². The van der Waals surface area contributed by atoms with Gasteiger partial charge in [0.25, 0.3) is 11.6 Å². The molecule has 0 atom stereocenters. The Labute approximate surface area is 141 Å². The summed E-state index contributed by atoms with van der Waals surface area (Å²) >= 11 is 0. The average molecular weight is 341 g/mol. The summed E-state index contributed by atoms with van der Waals surface area (Å²) in [6, 6.07) is 13.0. The number of nitrogens with one attached hydrogen (secondary N) is 1. The lowest BCUT2D eigenvalue weighted by molar-refractivity contribution is -0.384. The highest BCUT2D eigenvalue weighted by Gasteiger charge is 2.14. The van der Waals surface area contributed by atoms with Gasteiger partial charge in [-0.25, -0.2) is 4.39 Å². The van der Waals surface area contributed by atoms with Crippen LogP contribution in [0.3, 0.4) is 0 Å². The summed E-state index contributed by atoms with van der Waals surface area (Å²) in [7, 11) is 0. The quantitative estimate of drug-likeness (QED) is 0.567. The molecular weight excluding hydrogens is 329 g/mol. The molecule has 1 aromatic heterocycles. The molecule has 0 saturated carbocycles. The molecule has 0 saturated heterocycles. The first-order chi connectivity index (χ1) is 12.0. The predicted octanol–water partition coefficient (Wildman–Crippen LogP) is 3.32. The minimum absolute atomic E-state index is 0.0411. The second kappa shape index (κ2) is 6.91. The highest BCUT2D eigenvalue weighted by molar-refractivity contribution is 5.94. The lowest BCUT2D eigenvalue weighted by Gasteiger charge is -2.02. The van der Waals surface area contributed by atoms with Gasteiger partial charge < -0.3 is 9.84 Å². The van der Waals surface area contributed by atoms with Gasteiger partial charge in [0.15, 0.2) is 5.76 Å². The van der Waals surface area contributed by atoms with Crippen molar-refractivity contribution in [3.8, 4) is 11.3 Å². The Morgan fingerprint density at radius 3 is 2.76 bits per heavy atom. The molecule has 126 valence electrons. The topological polar surface area (TPSA) is 98.3 Å². The molecule has 0 aliphatic carbocycles. The molecule has 1 amide bonds. The van der Waals surface area contributed by atoms with E-state index in [-0.39, 0.29) is 29.1 Å². The number of halogens is 1. The summed E-state index contributed by atoms with van der Waals surface area (Å²) in [5.74, 6) is -0.678. The van der Waals surface area contributed by atoms with E-state index in [2.05, 4.69) is 10.5 Å². The molecule has 0 aliphatic rings. The number of nitro benzene ring substituents is 1. The molecule has 0 fully saturated rings. The maximum absolute atomic E-state index is 13.7. The van der Waals surface area contributed by atoms with Crippen molar-refractivity contribution in [2.24, 2.45) is 0 Å². The third kappa shape index (κ3) is 3.69. The third-order valence-corrected chi connectivity index (χ3v) is 3.45. The Balaban J connectivity index is 1.68. The van der Waals surface area contributed by atoms with Crippen molar-refractivity contribution in [2.75, 3.05) is 0 Å². The fraction of sp³-hybridized carbons (Fsp3) is 0.0588. The van der Waals surface area contributed by atoms with Crippen LogP contribution in [0.1, 0.15) is 16.1 Å². The van der Waals surface area contributed by atoms with Crippen LogP contribution in [0.2, 0.25) is 0 Å². The van der Waals surface area contributed by atoms with Gasteiger partial charge in [0, 0.05) is 23.8 Å². The van der Waals surface area contributed by atoms with Crippen LogP contribution in [-0.2, 0) is 6.54 Å². The first-order valence-electron chi connectivity index (χ1n) is 7.28. The molecule has 25 heavy (non-hydrogen) atoms. The van der Waals surface area contributed by atoms with Crippen LogP contribution < -0.4 is 5.32 Å². The number of benzene rings is 2. The number of rotatable bonds is 5. The van der Waals surface area contributed by atoms with E-state index in [9.17, 15) is 19.3 Å². The zero-order valence-electron chi connectivity index (χ0n) is 12.8. The lowest BCUT2D eigenvalue weighted by Crippen LogP contribution is -2.22. The minimum Gasteiger partial charge on any atom is -0.356 e. The van der Waals surface area contributed by atoms with Crippen LogP contribution in [0, 0.1) is 15.9 Å². The van der Waals surface area contributed by atoms with Crippen molar-refractivity contribution >= 4 is 11.6 Å². The maximum Gasteiger partial charge on any atom is 0.270 e. The van der Waals surface area contributed by atoms with Gasteiger partial charge in [-0.15, -0.1) is 0 Å². The molecule has 0 spiro atoms. The van der Waals surface area contributed by atoms with Crippen molar-refractivity contribution < 1.29 is 18.6 Å². The van der Waals surface area contributed by atoms with Crippen molar-refractivity contribution in [1.29, 1.82) is 0 Å². The van der Waals surface area contributed by atoms with Crippen LogP contribution in [0.25, 0.3) is 11.3 Å². The molecular formula is C17H12FN3O4. The highest BCUT2D eigenvalue weighted by Crippen LogP contribution is 2.23. The minimum atomic E-state index is -0.574. The number of nitrogens with zero attached hydrogens (tertiary/aromatic N) is 2. The van der Waals surface area contributed by atoms with Crippen LogP contribution in [0.4, 0.5) is 10.1 Å². The molecule has 7 nitrogen and oxygen atoms in total. The first kappa shape index (κ1) is 16.3. The number of non-ortho nitro benzene ring substituents is 1. The largest absolute Gasteiger partial charge is 0.356 e. The predicted molar refractivity (Wildman–Crippen MR) is 86.2 cm³/mol. The molecule has 0 radical (unpaired) electrons. The maximum atomic E-state index is 13.7. The highest BCUT2D eigenvalue weighted by atomic mass is 19.1. The molecule has 1 heterocycles. The van der Waals surface area contributed by atoms with Gasteiger partial charge >= 0.3 is 0 Å². The number of hydrogen-bond donors (Lipinski definition) is 1. The number of hydrogen-bond acceptors (Lipinski definition) is 5. The van der Waals surface area contributed by atoms with Crippen LogP contribution in [0.15, 0.2) is 59.1 Å². The number of carbonyl (C=O) groups excluding carboxylic acids is 1. The molecule has 2 aromatic carbocycles. The van der Waals surface area contributed by atoms with Gasteiger partial charge in [0.1, 0.15) is 11.5 Å². The van der Waals surface area contributed by atoms with E-state index in [1.165, 1.54) is 36.4 Å². The van der Waals surface area contributed by atoms with Gasteiger partial charge in [-0.2, -0.15) is 0 Å². The summed E-state index contributed by atoms with van der Waals surface area (Å²) in [6.45, 7) is 0.0411. The van der Waals surface area contributed by atoms with Crippen molar-refractivity contribution in [3.05, 3.63) is 81.8 Å². The van der Waals surface area contributed by atoms with Crippen LogP contribution in [0.5, 0.6) is 0 Å². The fourth-order valence-corrected chi connectivity index (χ4v) is 2.22. The molecule has 3 aromatic rings. The fourth-order valence-electron chi connectivity index (χ4n) is 2.22. The zero-order chi connectivity index (χ0) is 17.8. The van der Waals surface area contributed by atoms with E-state index >= 15 is 0 Å². The van der Waals surface area contributed by atoms with E-state index < -0.39 is 16.6 Å². The van der Waals surface area contributed by atoms with Gasteiger partial charge in [0.2, 0.25) is 0 Å². The smallest absolute Gasteiger partial charge is 0.270 e. The summed E-state index contributed by atoms with van der Waals surface area (Å²) in [4.78, 5) is 22.2. The monoisotopic (exact) mass is 341 g/mol. The standard InChI is InChI=1S/C17H12FN3O4/c18-15-7-2-1-6-14(15)16-9-12(20-25-16)10-19-17(22)11-4-3-5-13(8-11)21(23)24/h1-9H,10H2,(H,19,22). The van der Waals surface area contributed by atoms with E-state index in [1.807, 2.05) is 0 Å². The van der Waals surface area contributed by atoms with Gasteiger partial charge in [0.05, 0.1) is 17.0 Å². The SMILES string of the molecule is O=C(NCc1cc(-c2ccccc2F)on1)c1cccc([N+](=O)[O-])c1. The summed E-state index contributed by atoms with van der Waals surface area (Å²) in [5, 5.41) is 17.1. The van der Waals surface area contributed by atoms with E-state index in [4.69, 9.17) is 4.52 Å². The number of amides is 1. The molecule has 8 heteroatoms. The van der Waals surface area contributed by atoms with E-state index in [1.54, 1.807) is 18.2 Å². The second-order valence-electron chi connectivity index (χ2n) is 5.15. The number of carbonyl (C=O) groups is 1.